The van der Waals surface area contributed by atoms with Gasteiger partial charge in [0.15, 0.2) is 0 Å². The third kappa shape index (κ3) is 4.69. The molecule has 0 bridgehead atoms. The van der Waals surface area contributed by atoms with Gasteiger partial charge in [-0.1, -0.05) is 0 Å². The fourth-order valence-electron chi connectivity index (χ4n) is 3.20. The van der Waals surface area contributed by atoms with Crippen LogP contribution in [0.2, 0.25) is 0 Å². The molecule has 0 amide bonds. The molecule has 0 aliphatic carbocycles. The van der Waals surface area contributed by atoms with Crippen molar-refractivity contribution in [3.63, 3.8) is 0 Å². The molecule has 1 saturated heterocycles. The minimum Gasteiger partial charge on any atom is -0.487 e. The minimum absolute atomic E-state index is 0.125. The molecule has 0 unspecified atom stereocenters. The Bertz CT molecular complexity index is 936. The van der Waals surface area contributed by atoms with Crippen molar-refractivity contribution < 1.29 is 18.3 Å². The Morgan fingerprint density at radius 2 is 1.79 bits per heavy atom. The van der Waals surface area contributed by atoms with Crippen LogP contribution in [0.5, 0.6) is 5.75 Å². The summed E-state index contributed by atoms with van der Waals surface area (Å²) in [5, 5.41) is 13.7. The second-order valence-electron chi connectivity index (χ2n) is 6.98. The Hall–Kier alpha value is -1.79. The molecular weight excluding hydrogens is 414 g/mol. The lowest BCUT2D eigenvalue weighted by Crippen LogP contribution is -2.51. The first-order chi connectivity index (χ1) is 13.7. The van der Waals surface area contributed by atoms with E-state index in [0.717, 1.165) is 5.69 Å². The van der Waals surface area contributed by atoms with Gasteiger partial charge in [0.25, 0.3) is 10.2 Å². The van der Waals surface area contributed by atoms with Gasteiger partial charge in [-0.05, 0) is 24.3 Å². The van der Waals surface area contributed by atoms with Crippen LogP contribution in [0.15, 0.2) is 29.2 Å². The van der Waals surface area contributed by atoms with Crippen molar-refractivity contribution in [1.29, 1.82) is 0 Å². The molecule has 1 aliphatic heterocycles. The second kappa shape index (κ2) is 8.92. The zero-order valence-corrected chi connectivity index (χ0v) is 18.5. The molecule has 1 N–H and O–H groups in total. The van der Waals surface area contributed by atoms with Crippen molar-refractivity contribution in [3.05, 3.63) is 35.7 Å². The molecule has 160 valence electrons. The molecule has 3 rings (SSSR count). The summed E-state index contributed by atoms with van der Waals surface area (Å²) >= 11 is 4.40. The zero-order chi connectivity index (χ0) is 21.2. The minimum atomic E-state index is -3.36. The van der Waals surface area contributed by atoms with E-state index in [1.165, 1.54) is 8.61 Å². The fourth-order valence-corrected chi connectivity index (χ4v) is 4.61. The van der Waals surface area contributed by atoms with Crippen LogP contribution in [-0.2, 0) is 30.5 Å². The highest BCUT2D eigenvalue weighted by Crippen LogP contribution is 2.24. The van der Waals surface area contributed by atoms with Crippen LogP contribution in [-0.4, -0.2) is 72.2 Å². The first-order valence-electron chi connectivity index (χ1n) is 9.24. The number of ether oxygens (including phenoxy) is 1. The molecular formula is C18H27N5O4S2. The monoisotopic (exact) mass is 441 g/mol. The number of hydrogen-bond donors (Lipinski definition) is 2. The number of aliphatic hydroxyl groups is 1. The van der Waals surface area contributed by atoms with Crippen LogP contribution in [0.3, 0.4) is 0 Å². The van der Waals surface area contributed by atoms with Gasteiger partial charge in [0.1, 0.15) is 18.1 Å². The molecule has 0 atom stereocenters. The summed E-state index contributed by atoms with van der Waals surface area (Å²) in [6.07, 6.45) is 0. The van der Waals surface area contributed by atoms with E-state index in [4.69, 9.17) is 4.74 Å². The van der Waals surface area contributed by atoms with Crippen LogP contribution in [0.1, 0.15) is 11.4 Å². The predicted molar refractivity (Wildman–Crippen MR) is 114 cm³/mol. The molecule has 1 fully saturated rings. The van der Waals surface area contributed by atoms with Gasteiger partial charge >= 0.3 is 0 Å². The van der Waals surface area contributed by atoms with E-state index in [9.17, 15) is 13.5 Å². The predicted octanol–water partition coefficient (Wildman–Crippen LogP) is 0.708. The molecule has 2 aromatic rings. The van der Waals surface area contributed by atoms with E-state index in [1.807, 2.05) is 24.3 Å². The smallest absolute Gasteiger partial charge is 0.281 e. The van der Waals surface area contributed by atoms with Gasteiger partial charge in [-0.25, -0.2) is 0 Å². The molecule has 11 heteroatoms. The SMILES string of the molecule is CN(C)S(=O)(=O)N1CCN(c2ccc(OCc3nn(C)c(CO)c3S)cc2)CC1. The highest BCUT2D eigenvalue weighted by Gasteiger charge is 2.28. The van der Waals surface area contributed by atoms with Gasteiger partial charge in [0.05, 0.1) is 17.2 Å². The van der Waals surface area contributed by atoms with Gasteiger partial charge < -0.3 is 14.7 Å². The van der Waals surface area contributed by atoms with Crippen LogP contribution in [0.4, 0.5) is 5.69 Å². The number of rotatable bonds is 7. The average Bonchev–Trinajstić information content (AvgIpc) is 2.99. The van der Waals surface area contributed by atoms with Crippen LogP contribution in [0.25, 0.3) is 0 Å². The van der Waals surface area contributed by atoms with Gasteiger partial charge in [-0.15, -0.1) is 12.6 Å². The van der Waals surface area contributed by atoms with Crippen molar-refractivity contribution in [2.24, 2.45) is 7.05 Å². The fraction of sp³-hybridized carbons (Fsp3) is 0.500. The third-order valence-electron chi connectivity index (χ3n) is 4.96. The van der Waals surface area contributed by atoms with Crippen molar-refractivity contribution in [2.45, 2.75) is 18.1 Å². The number of thiol groups is 1. The Labute approximate surface area is 177 Å². The number of aromatic nitrogens is 2. The van der Waals surface area contributed by atoms with Crippen LogP contribution >= 0.6 is 12.6 Å². The summed E-state index contributed by atoms with van der Waals surface area (Å²) in [5.74, 6) is 0.700. The molecule has 2 heterocycles. The van der Waals surface area contributed by atoms with Crippen molar-refractivity contribution in [1.82, 2.24) is 18.4 Å². The highest BCUT2D eigenvalue weighted by atomic mass is 32.2. The molecule has 29 heavy (non-hydrogen) atoms. The number of aryl methyl sites for hydroxylation is 1. The number of hydrogen-bond acceptors (Lipinski definition) is 7. The lowest BCUT2D eigenvalue weighted by atomic mass is 10.2. The maximum absolute atomic E-state index is 12.2. The summed E-state index contributed by atoms with van der Waals surface area (Å²) in [4.78, 5) is 2.79. The van der Waals surface area contributed by atoms with Crippen molar-refractivity contribution in [2.75, 3.05) is 45.2 Å². The van der Waals surface area contributed by atoms with Crippen LogP contribution in [0, 0.1) is 0 Å². The molecule has 1 aromatic heterocycles. The maximum Gasteiger partial charge on any atom is 0.281 e. The summed E-state index contributed by atoms with van der Waals surface area (Å²) in [5.41, 5.74) is 2.34. The Balaban J connectivity index is 1.57. The van der Waals surface area contributed by atoms with Crippen LogP contribution < -0.4 is 9.64 Å². The summed E-state index contributed by atoms with van der Waals surface area (Å²) in [6.45, 7) is 2.31. The molecule has 1 aromatic carbocycles. The molecule has 0 spiro atoms. The van der Waals surface area contributed by atoms with Crippen molar-refractivity contribution >= 4 is 28.5 Å². The van der Waals surface area contributed by atoms with E-state index in [2.05, 4.69) is 22.6 Å². The summed E-state index contributed by atoms with van der Waals surface area (Å²) < 4.78 is 34.6. The van der Waals surface area contributed by atoms with E-state index < -0.39 is 10.2 Å². The Kier molecular flexibility index (Phi) is 6.74. The van der Waals surface area contributed by atoms with Gasteiger partial charge in [-0.2, -0.15) is 22.1 Å². The number of benzene rings is 1. The first-order valence-corrected chi connectivity index (χ1v) is 11.1. The van der Waals surface area contributed by atoms with Gasteiger partial charge in [-0.3, -0.25) is 4.68 Å². The summed E-state index contributed by atoms with van der Waals surface area (Å²) in [6, 6.07) is 7.69. The quantitative estimate of drug-likeness (QED) is 0.615. The van der Waals surface area contributed by atoms with Crippen molar-refractivity contribution in [3.8, 4) is 5.75 Å². The normalized spacial score (nSPS) is 15.9. The lowest BCUT2D eigenvalue weighted by molar-refractivity contribution is 0.267. The summed E-state index contributed by atoms with van der Waals surface area (Å²) in [7, 11) is 1.49. The molecule has 0 saturated carbocycles. The average molecular weight is 442 g/mol. The number of piperazine rings is 1. The zero-order valence-electron chi connectivity index (χ0n) is 16.8. The van der Waals surface area contributed by atoms with E-state index in [0.29, 0.717) is 48.2 Å². The topological polar surface area (TPSA) is 91.1 Å². The van der Waals surface area contributed by atoms with E-state index in [-0.39, 0.29) is 13.2 Å². The highest BCUT2D eigenvalue weighted by molar-refractivity contribution is 7.86. The Morgan fingerprint density at radius 3 is 2.31 bits per heavy atom. The van der Waals surface area contributed by atoms with E-state index in [1.54, 1.807) is 25.8 Å². The molecule has 1 aliphatic rings. The largest absolute Gasteiger partial charge is 0.487 e. The first kappa shape index (κ1) is 21.9. The molecule has 9 nitrogen and oxygen atoms in total. The molecule has 0 radical (unpaired) electrons. The van der Waals surface area contributed by atoms with E-state index >= 15 is 0 Å². The Morgan fingerprint density at radius 1 is 1.17 bits per heavy atom. The number of aliphatic hydroxyl groups excluding tert-OH is 1. The lowest BCUT2D eigenvalue weighted by Gasteiger charge is -2.36. The number of anilines is 1. The maximum atomic E-state index is 12.2. The number of nitrogens with zero attached hydrogens (tertiary/aromatic N) is 5. The second-order valence-corrected chi connectivity index (χ2v) is 9.57. The standard InChI is InChI=1S/C18H27N5O4S2/c1-20(2)29(25,26)23-10-8-22(9-11-23)14-4-6-15(7-5-14)27-13-16-18(28)17(12-24)21(3)19-16/h4-7,24,28H,8-13H2,1-3H3. The third-order valence-corrected chi connectivity index (χ3v) is 7.42. The van der Waals surface area contributed by atoms with Gasteiger partial charge in [0, 0.05) is 53.0 Å². The van der Waals surface area contributed by atoms with Gasteiger partial charge in [0.2, 0.25) is 0 Å².